The van der Waals surface area contributed by atoms with Gasteiger partial charge in [0, 0.05) is 170 Å². The molecule has 3 amide bonds. The Balaban J connectivity index is 1.48. The number of nitrogens with one attached hydrogen (secondary N) is 3. The maximum Gasteiger partial charge on any atom is 0.303 e. The fraction of sp³-hybridized carbons (Fsp3) is 0.761. The van der Waals surface area contributed by atoms with Crippen LogP contribution >= 0.6 is 0 Å². The Bertz CT molecular complexity index is 4120. The van der Waals surface area contributed by atoms with E-state index in [1.807, 2.05) is 0 Å². The van der Waals surface area contributed by atoms with Gasteiger partial charge in [-0.3, -0.25) is 111 Å². The standard InChI is InChI=1S/C88H126N4O53/c1-37(93)89-64-73(128-49(13)105)67(143-85-79(134-55(19)111)76(131-52(16)108)70(125-46(10)102)61(140-85)34-122-43(7)99)58(31-119-40(4)96)137-82(64)116-28-22-25-88(92(114)115,26-23-29-117-83-65(90-38(2)94)74(129-50(14)106)68(59(138-83)32-120-41(5)97)144-86-80(135-56(20)112)77(132-53(17)109)71(126-47(11)103)62(141-86)35-123-44(8)100)27-24-30-118-84-66(91-39(3)95)75(130-51(15)107)69(60(139-84)33-121-42(6)98)145-87-81(136-57(21)113)78(133-54(18)110)72(127-48(12)104)63(142-87)36-124-45(9)101/h58-87H,22-36H2,1-21H3,(H,89,93)(H,90,94)(H,91,95)/t58-,59-,60-,61-,62-,63-,64-,65-,66-,67-,68-,69-,70+,71+,72+,73-,74-,75-,76+,77+,78+,79-,80-,81-,82-,83-,84-,85+,86+,87+/m1/s1. The van der Waals surface area contributed by atoms with Crippen molar-refractivity contribution in [2.75, 3.05) is 59.5 Å². The lowest BCUT2D eigenvalue weighted by Gasteiger charge is -2.49. The second-order valence-corrected chi connectivity index (χ2v) is 33.8. The van der Waals surface area contributed by atoms with E-state index in [1.165, 1.54) is 0 Å². The molecule has 57 heteroatoms. The van der Waals surface area contributed by atoms with Crippen molar-refractivity contribution in [2.45, 2.75) is 374 Å². The zero-order chi connectivity index (χ0) is 108. The van der Waals surface area contributed by atoms with Crippen molar-refractivity contribution >= 4 is 125 Å². The lowest BCUT2D eigenvalue weighted by Crippen LogP contribution is -2.69. The van der Waals surface area contributed by atoms with E-state index >= 15 is 0 Å². The number of ether oxygens (including phenoxy) is 30. The van der Waals surface area contributed by atoms with Crippen molar-refractivity contribution in [2.24, 2.45) is 0 Å². The Morgan fingerprint density at radius 2 is 0.393 bits per heavy atom. The molecule has 0 aromatic heterocycles. The van der Waals surface area contributed by atoms with Gasteiger partial charge < -0.3 is 158 Å². The third-order valence-corrected chi connectivity index (χ3v) is 21.6. The molecule has 0 aromatic carbocycles. The zero-order valence-electron chi connectivity index (χ0n) is 83.5. The Hall–Kier alpha value is -12.2. The average Bonchev–Trinajstić information content (AvgIpc) is 0.769. The first kappa shape index (κ1) is 121. The molecule has 0 unspecified atom stereocenters. The summed E-state index contributed by atoms with van der Waals surface area (Å²) in [5.74, 6) is -21.1. The summed E-state index contributed by atoms with van der Waals surface area (Å²) in [6.45, 7) is 13.3. The summed E-state index contributed by atoms with van der Waals surface area (Å²) < 4.78 is 177. The summed E-state index contributed by atoms with van der Waals surface area (Å²) in [6.07, 6.45) is -53.5. The van der Waals surface area contributed by atoms with Crippen molar-refractivity contribution in [1.29, 1.82) is 0 Å². The van der Waals surface area contributed by atoms with Crippen molar-refractivity contribution < 1.29 is 248 Å². The molecule has 0 bridgehead atoms. The molecule has 0 saturated carbocycles. The average molecular weight is 2090 g/mol. The number of hydrogen-bond acceptors (Lipinski definition) is 53. The van der Waals surface area contributed by atoms with Crippen LogP contribution in [0.3, 0.4) is 0 Å². The molecule has 6 rings (SSSR count). The molecule has 0 aliphatic carbocycles. The van der Waals surface area contributed by atoms with Crippen LogP contribution in [0.2, 0.25) is 0 Å². The molecule has 145 heavy (non-hydrogen) atoms. The molecule has 816 valence electrons. The van der Waals surface area contributed by atoms with Gasteiger partial charge in [0.2, 0.25) is 23.3 Å². The maximum absolute atomic E-state index is 14.5. The zero-order valence-corrected chi connectivity index (χ0v) is 83.5. The highest BCUT2D eigenvalue weighted by atomic mass is 16.8. The minimum Gasteiger partial charge on any atom is -0.463 e. The van der Waals surface area contributed by atoms with Crippen LogP contribution in [0.25, 0.3) is 0 Å². The summed E-state index contributed by atoms with van der Waals surface area (Å²) in [6, 6.07) is -5.31. The van der Waals surface area contributed by atoms with E-state index in [4.69, 9.17) is 142 Å². The second-order valence-electron chi connectivity index (χ2n) is 33.8. The van der Waals surface area contributed by atoms with Gasteiger partial charge in [0.25, 0.3) is 0 Å². The highest BCUT2D eigenvalue weighted by Gasteiger charge is 2.63. The second kappa shape index (κ2) is 57.6. The SMILES string of the molecule is CC(=O)N[C@H]1[C@H](OCCCC(CCCO[C@@H]2O[C@H](COC(C)=O)[C@@H](O[C@@H]3O[C@H](COC(C)=O)[C@H](OC(C)=O)[C@H](OC(C)=O)[C@H]3OC(C)=O)[C@H](OC(C)=O)[C@H]2NC(C)=O)(CCCO[C@@H]2O[C@H](COC(C)=O)[C@@H](O[C@@H]3O[C@H](COC(C)=O)[C@H](OC(C)=O)[C@H](OC(C)=O)[C@H]3OC(C)=O)[C@H](OC(C)=O)[C@H]2NC(C)=O)[N+](=O)[O-])O[C@H](COC(C)=O)[C@@H](O[C@@H]2O[C@H](COC(C)=O)[C@H](OC(C)=O)[C@H](OC(C)=O)[C@H]2OC(C)=O)[C@@H]1OC(C)=O. The number of carbonyl (C=O) groups is 21. The minimum absolute atomic E-state index is 0.439. The predicted octanol–water partition coefficient (Wildman–Crippen LogP) is -2.03. The largest absolute Gasteiger partial charge is 0.463 e. The van der Waals surface area contributed by atoms with Gasteiger partial charge in [-0.25, -0.2) is 0 Å². The molecule has 6 fully saturated rings. The molecule has 3 N–H and O–H groups in total. The Labute approximate surface area is 829 Å². The normalized spacial score (nSPS) is 30.0. The van der Waals surface area contributed by atoms with Gasteiger partial charge >= 0.3 is 107 Å². The summed E-state index contributed by atoms with van der Waals surface area (Å²) in [5.41, 5.74) is -2.29. The Morgan fingerprint density at radius 1 is 0.228 bits per heavy atom. The monoisotopic (exact) mass is 2090 g/mol. The molecule has 0 aromatic rings. The van der Waals surface area contributed by atoms with Crippen LogP contribution in [0.4, 0.5) is 0 Å². The smallest absolute Gasteiger partial charge is 0.303 e. The van der Waals surface area contributed by atoms with Crippen LogP contribution in [-0.4, -0.2) is 379 Å². The van der Waals surface area contributed by atoms with Gasteiger partial charge in [-0.05, 0) is 19.3 Å². The van der Waals surface area contributed by atoms with Crippen molar-refractivity contribution in [3.05, 3.63) is 10.1 Å². The molecule has 30 atom stereocenters. The van der Waals surface area contributed by atoms with E-state index in [9.17, 15) is 111 Å². The van der Waals surface area contributed by atoms with Crippen LogP contribution in [0, 0.1) is 10.1 Å². The first-order valence-electron chi connectivity index (χ1n) is 45.6. The highest BCUT2D eigenvalue weighted by molar-refractivity contribution is 5.76. The van der Waals surface area contributed by atoms with Crippen molar-refractivity contribution in [3.8, 4) is 0 Å². The van der Waals surface area contributed by atoms with Gasteiger partial charge in [0.05, 0.1) is 19.8 Å². The van der Waals surface area contributed by atoms with E-state index in [-0.39, 0.29) is 0 Å². The van der Waals surface area contributed by atoms with Gasteiger partial charge in [-0.1, -0.05) is 0 Å². The van der Waals surface area contributed by atoms with Gasteiger partial charge in [0.1, 0.15) is 113 Å². The third-order valence-electron chi connectivity index (χ3n) is 21.6. The molecular formula is C88H126N4O53. The van der Waals surface area contributed by atoms with Crippen molar-refractivity contribution in [1.82, 2.24) is 16.0 Å². The van der Waals surface area contributed by atoms with Crippen molar-refractivity contribution in [3.63, 3.8) is 0 Å². The maximum atomic E-state index is 14.5. The van der Waals surface area contributed by atoms with Gasteiger partial charge in [-0.15, -0.1) is 0 Å². The van der Waals surface area contributed by atoms with Gasteiger partial charge in [-0.2, -0.15) is 0 Å². The van der Waals surface area contributed by atoms with Crippen LogP contribution in [-0.2, 0) is 243 Å². The topological polar surface area (TPSA) is 715 Å². The van der Waals surface area contributed by atoms with Gasteiger partial charge in [0.15, 0.2) is 111 Å². The minimum atomic E-state index is -2.29. The number of carbonyl (C=O) groups excluding carboxylic acids is 21. The number of nitrogens with zero attached hydrogens (tertiary/aromatic N) is 1. The van der Waals surface area contributed by atoms with E-state index in [2.05, 4.69) is 16.0 Å². The van der Waals surface area contributed by atoms with E-state index in [0.717, 1.165) is 145 Å². The molecule has 6 saturated heterocycles. The van der Waals surface area contributed by atoms with Crippen LogP contribution < -0.4 is 16.0 Å². The fourth-order valence-corrected chi connectivity index (χ4v) is 16.6. The summed E-state index contributed by atoms with van der Waals surface area (Å²) in [4.78, 5) is 286. The first-order valence-corrected chi connectivity index (χ1v) is 45.6. The summed E-state index contributed by atoms with van der Waals surface area (Å²) in [5, 5.41) is 22.2. The van der Waals surface area contributed by atoms with Crippen LogP contribution in [0.1, 0.15) is 184 Å². The Morgan fingerprint density at radius 3 is 0.566 bits per heavy atom. The van der Waals surface area contributed by atoms with Crippen LogP contribution in [0.5, 0.6) is 0 Å². The lowest BCUT2D eigenvalue weighted by molar-refractivity contribution is -0.574. The Kier molecular flexibility index (Phi) is 48.3. The third kappa shape index (κ3) is 38.6. The molecule has 57 nitrogen and oxygen atoms in total. The fourth-order valence-electron chi connectivity index (χ4n) is 16.6. The number of hydrogen-bond donors (Lipinski definition) is 3. The molecule has 6 aliphatic rings. The first-order chi connectivity index (χ1) is 68.0. The number of nitro groups is 1. The molecule has 0 spiro atoms. The molecular weight excluding hydrogens is 1960 g/mol. The molecule has 0 radical (unpaired) electrons. The van der Waals surface area contributed by atoms with E-state index in [0.29, 0.717) is 0 Å². The predicted molar refractivity (Wildman–Crippen MR) is 461 cm³/mol. The summed E-state index contributed by atoms with van der Waals surface area (Å²) in [7, 11) is 0. The summed E-state index contributed by atoms with van der Waals surface area (Å²) >= 11 is 0. The number of esters is 18. The van der Waals surface area contributed by atoms with E-state index in [1.54, 1.807) is 0 Å². The molecule has 6 aliphatic heterocycles. The number of amides is 3. The lowest BCUT2D eigenvalue weighted by atomic mass is 9.84. The number of rotatable bonds is 49. The molecule has 6 heterocycles. The van der Waals surface area contributed by atoms with Crippen LogP contribution in [0.15, 0.2) is 0 Å². The highest BCUT2D eigenvalue weighted by Crippen LogP contribution is 2.42. The quantitative estimate of drug-likeness (QED) is 0.0194. The van der Waals surface area contributed by atoms with E-state index < -0.39 is 418 Å².